The molecule has 0 aliphatic carbocycles. The van der Waals surface area contributed by atoms with Gasteiger partial charge >= 0.3 is 18.3 Å². The van der Waals surface area contributed by atoms with Crippen molar-refractivity contribution in [1.29, 1.82) is 0 Å². The number of hydrogen-bond donors (Lipinski definition) is 1. The second-order valence-electron chi connectivity index (χ2n) is 9.73. The topological polar surface area (TPSA) is 102 Å². The Kier molecular flexibility index (Phi) is 9.63. The van der Waals surface area contributed by atoms with Crippen LogP contribution in [0.15, 0.2) is 17.7 Å². The van der Waals surface area contributed by atoms with Crippen molar-refractivity contribution in [1.82, 2.24) is 5.64 Å². The lowest BCUT2D eigenvalue weighted by Gasteiger charge is -2.30. The van der Waals surface area contributed by atoms with Crippen molar-refractivity contribution in [3.63, 3.8) is 0 Å². The molecule has 9 nitrogen and oxygen atoms in total. The van der Waals surface area contributed by atoms with Gasteiger partial charge in [0.05, 0.1) is 19.3 Å². The Balaban J connectivity index is 2.06. The average Bonchev–Trinajstić information content (AvgIpc) is 2.75. The molecule has 0 spiro atoms. The van der Waals surface area contributed by atoms with Crippen molar-refractivity contribution in [2.24, 2.45) is 5.41 Å². The van der Waals surface area contributed by atoms with E-state index in [2.05, 4.69) is 15.2 Å². The molecule has 0 saturated heterocycles. The molecule has 0 aromatic heterocycles. The van der Waals surface area contributed by atoms with E-state index in [0.29, 0.717) is 10.6 Å². The van der Waals surface area contributed by atoms with Crippen LogP contribution in [0.4, 0.5) is 18.0 Å². The first-order valence-electron chi connectivity index (χ1n) is 10.7. The van der Waals surface area contributed by atoms with Crippen LogP contribution in [0.1, 0.15) is 45.7 Å². The molecular formula is C23H29ClF3NO8. The number of fused-ring (bicyclic) bond motifs is 1. The number of ether oxygens (including phenoxy) is 4. The van der Waals surface area contributed by atoms with Crippen LogP contribution in [0.2, 0.25) is 5.02 Å². The summed E-state index contributed by atoms with van der Waals surface area (Å²) in [5, 5.41) is 0.302. The zero-order chi connectivity index (χ0) is 27.3. The molecule has 1 aliphatic rings. The van der Waals surface area contributed by atoms with Crippen LogP contribution < -0.4 is 10.4 Å². The predicted molar refractivity (Wildman–Crippen MR) is 122 cm³/mol. The summed E-state index contributed by atoms with van der Waals surface area (Å²) >= 11 is 6.30. The zero-order valence-electron chi connectivity index (χ0n) is 20.7. The Morgan fingerprint density at radius 3 is 2.31 bits per heavy atom. The first-order valence-corrected chi connectivity index (χ1v) is 11.1. The summed E-state index contributed by atoms with van der Waals surface area (Å²) in [5.41, 5.74) is 1.01. The van der Waals surface area contributed by atoms with Gasteiger partial charge in [-0.25, -0.2) is 9.59 Å². The van der Waals surface area contributed by atoms with Gasteiger partial charge in [-0.05, 0) is 29.2 Å². The van der Waals surface area contributed by atoms with Gasteiger partial charge in [-0.3, -0.25) is 9.68 Å². The van der Waals surface area contributed by atoms with Gasteiger partial charge in [0.1, 0.15) is 12.4 Å². The molecule has 1 aliphatic heterocycles. The third-order valence-corrected chi connectivity index (χ3v) is 5.14. The molecule has 1 unspecified atom stereocenters. The summed E-state index contributed by atoms with van der Waals surface area (Å²) in [4.78, 5) is 33.7. The number of benzene rings is 1. The fraction of sp³-hybridized carbons (Fsp3) is 0.565. The highest BCUT2D eigenvalue weighted by Crippen LogP contribution is 2.42. The summed E-state index contributed by atoms with van der Waals surface area (Å²) < 4.78 is 60.5. The second kappa shape index (κ2) is 11.7. The molecule has 1 N–H and O–H groups in total. The van der Waals surface area contributed by atoms with Gasteiger partial charge in [-0.15, -0.1) is 0 Å². The van der Waals surface area contributed by atoms with E-state index in [1.807, 2.05) is 20.8 Å². The first kappa shape index (κ1) is 29.7. The monoisotopic (exact) mass is 539 g/mol. The van der Waals surface area contributed by atoms with E-state index in [1.54, 1.807) is 13.8 Å². The molecule has 202 valence electrons. The smallest absolute Gasteiger partial charge is 0.475 e. The maximum Gasteiger partial charge on any atom is 0.511 e. The van der Waals surface area contributed by atoms with E-state index in [9.17, 15) is 22.8 Å². The Hall–Kier alpha value is -2.54. The van der Waals surface area contributed by atoms with Crippen molar-refractivity contribution < 1.29 is 51.4 Å². The molecule has 1 atom stereocenters. The Labute approximate surface area is 211 Å². The number of nitrogens with one attached hydrogen (secondary N) is 1. The van der Waals surface area contributed by atoms with E-state index in [0.717, 1.165) is 6.08 Å². The number of halogens is 4. The highest BCUT2D eigenvalue weighted by molar-refractivity contribution is 6.31. The van der Waals surface area contributed by atoms with Gasteiger partial charge in [-0.2, -0.15) is 13.2 Å². The van der Waals surface area contributed by atoms with E-state index in [1.165, 1.54) is 19.2 Å². The number of carbonyl (C=O) groups is 2. The standard InChI is InChI=1S/C23H29ClF3NO8/c1-21(2,3)15-9-17-13(8-16(15)24)7-14(18(36-17)23(25,26)27)19(29)33-12-34-20(30)32-10-22(4,5)11-35-28-31-6/h7-9,18,28H,10-12H2,1-6H3. The van der Waals surface area contributed by atoms with Crippen LogP contribution >= 0.6 is 11.6 Å². The summed E-state index contributed by atoms with van der Waals surface area (Å²) in [6.07, 6.45) is -7.70. The second-order valence-corrected chi connectivity index (χ2v) is 10.1. The van der Waals surface area contributed by atoms with E-state index in [-0.39, 0.29) is 24.5 Å². The van der Waals surface area contributed by atoms with Crippen molar-refractivity contribution in [3.8, 4) is 5.75 Å². The lowest BCUT2D eigenvalue weighted by Crippen LogP contribution is -2.41. The third-order valence-electron chi connectivity index (χ3n) is 4.83. The number of esters is 1. The number of alkyl halides is 3. The summed E-state index contributed by atoms with van der Waals surface area (Å²) in [6, 6.07) is 2.84. The fourth-order valence-electron chi connectivity index (χ4n) is 3.04. The summed E-state index contributed by atoms with van der Waals surface area (Å²) in [7, 11) is 1.35. The maximum absolute atomic E-state index is 13.7. The molecule has 0 radical (unpaired) electrons. The number of rotatable bonds is 9. The molecular weight excluding hydrogens is 511 g/mol. The minimum atomic E-state index is -4.92. The van der Waals surface area contributed by atoms with Gasteiger partial charge in [0, 0.05) is 16.0 Å². The quantitative estimate of drug-likeness (QED) is 0.198. The SMILES string of the molecule is CONOCC(C)(C)COC(=O)OCOC(=O)C1=Cc2cc(Cl)c(C(C)(C)C)cc2OC1C(F)(F)F. The zero-order valence-corrected chi connectivity index (χ0v) is 21.5. The maximum atomic E-state index is 13.7. The summed E-state index contributed by atoms with van der Waals surface area (Å²) in [5.74, 6) is -1.46. The minimum Gasteiger partial charge on any atom is -0.475 e. The Morgan fingerprint density at radius 1 is 1.06 bits per heavy atom. The lowest BCUT2D eigenvalue weighted by molar-refractivity contribution is -0.189. The third kappa shape index (κ3) is 8.26. The largest absolute Gasteiger partial charge is 0.511 e. The van der Waals surface area contributed by atoms with Crippen molar-refractivity contribution >= 4 is 29.8 Å². The van der Waals surface area contributed by atoms with Crippen LogP contribution in [-0.4, -0.2) is 51.5 Å². The molecule has 1 aromatic rings. The van der Waals surface area contributed by atoms with Crippen LogP contribution in [0.25, 0.3) is 6.08 Å². The lowest BCUT2D eigenvalue weighted by atomic mass is 9.85. The normalized spacial score (nSPS) is 15.9. The van der Waals surface area contributed by atoms with Crippen molar-refractivity contribution in [2.75, 3.05) is 27.1 Å². The Morgan fingerprint density at radius 2 is 1.72 bits per heavy atom. The molecule has 0 fully saturated rings. The number of hydrogen-bond acceptors (Lipinski definition) is 9. The number of carbonyl (C=O) groups excluding carboxylic acids is 2. The van der Waals surface area contributed by atoms with Crippen LogP contribution in [-0.2, 0) is 34.1 Å². The highest BCUT2D eigenvalue weighted by atomic mass is 35.5. The van der Waals surface area contributed by atoms with Gasteiger partial charge in [0.25, 0.3) is 0 Å². The molecule has 36 heavy (non-hydrogen) atoms. The van der Waals surface area contributed by atoms with E-state index >= 15 is 0 Å². The predicted octanol–water partition coefficient (Wildman–Crippen LogP) is 5.11. The van der Waals surface area contributed by atoms with Gasteiger partial charge in [-0.1, -0.05) is 51.9 Å². The van der Waals surface area contributed by atoms with Gasteiger partial charge in [0.2, 0.25) is 12.9 Å². The minimum absolute atomic E-state index is 0.0738. The first-order chi connectivity index (χ1) is 16.5. The average molecular weight is 540 g/mol. The van der Waals surface area contributed by atoms with Crippen LogP contribution in [0, 0.1) is 5.41 Å². The van der Waals surface area contributed by atoms with Crippen molar-refractivity contribution in [3.05, 3.63) is 33.9 Å². The fourth-order valence-corrected chi connectivity index (χ4v) is 3.49. The molecule has 13 heteroatoms. The van der Waals surface area contributed by atoms with Crippen molar-refractivity contribution in [2.45, 2.75) is 52.3 Å². The molecule has 0 saturated carbocycles. The summed E-state index contributed by atoms with van der Waals surface area (Å²) in [6.45, 7) is 7.99. The molecule has 1 aromatic carbocycles. The molecule has 1 heterocycles. The van der Waals surface area contributed by atoms with Crippen LogP contribution in [0.5, 0.6) is 5.75 Å². The van der Waals surface area contributed by atoms with Gasteiger partial charge < -0.3 is 18.9 Å². The molecule has 0 amide bonds. The van der Waals surface area contributed by atoms with Crippen LogP contribution in [0.3, 0.4) is 0 Å². The van der Waals surface area contributed by atoms with E-state index < -0.39 is 47.6 Å². The van der Waals surface area contributed by atoms with Gasteiger partial charge in [0.15, 0.2) is 0 Å². The molecule has 0 bridgehead atoms. The molecule has 2 rings (SSSR count). The Bertz CT molecular complexity index is 989. The highest BCUT2D eigenvalue weighted by Gasteiger charge is 2.49. The van der Waals surface area contributed by atoms with E-state index in [4.69, 9.17) is 30.6 Å².